The topological polar surface area (TPSA) is 132 Å². The zero-order valence-electron chi connectivity index (χ0n) is 11.7. The normalized spacial score (nSPS) is 10.7. The second-order valence-electron chi connectivity index (χ2n) is 3.79. The molecule has 0 spiro atoms. The molecule has 0 rings (SSSR count). The van der Waals surface area contributed by atoms with Crippen molar-refractivity contribution in [3.63, 3.8) is 0 Å². The van der Waals surface area contributed by atoms with Crippen molar-refractivity contribution in [1.29, 1.82) is 0 Å². The van der Waals surface area contributed by atoms with Gasteiger partial charge in [0.2, 0.25) is 0 Å². The summed E-state index contributed by atoms with van der Waals surface area (Å²) in [5.74, 6) is 0.0741. The van der Waals surface area contributed by atoms with Crippen molar-refractivity contribution >= 4 is 17.7 Å². The predicted octanol–water partition coefficient (Wildman–Crippen LogP) is 0.910. The first-order valence-corrected chi connectivity index (χ1v) is 5.25. The Kier molecular flexibility index (Phi) is 33.2. The first-order chi connectivity index (χ1) is 7.98. The number of carbonyl (C=O) groups excluding carboxylic acids is 2. The van der Waals surface area contributed by atoms with Crippen molar-refractivity contribution in [3.8, 4) is 0 Å². The minimum atomic E-state index is -1.83. The van der Waals surface area contributed by atoms with Gasteiger partial charge in [-0.3, -0.25) is 9.59 Å². The van der Waals surface area contributed by atoms with E-state index in [1.54, 1.807) is 13.8 Å². The summed E-state index contributed by atoms with van der Waals surface area (Å²) in [6.07, 6.45) is -2.23. The smallest absolute Gasteiger partial charge is 0.450 e. The van der Waals surface area contributed by atoms with Crippen molar-refractivity contribution in [1.82, 2.24) is 0 Å². The van der Waals surface area contributed by atoms with E-state index < -0.39 is 18.4 Å². The van der Waals surface area contributed by atoms with Crippen LogP contribution in [0.15, 0.2) is 0 Å². The third-order valence-electron chi connectivity index (χ3n) is 1.17. The van der Waals surface area contributed by atoms with Crippen LogP contribution in [0.2, 0.25) is 0 Å². The fraction of sp³-hybridized carbons (Fsp3) is 0.727. The molecule has 0 aliphatic rings. The van der Waals surface area contributed by atoms with Crippen molar-refractivity contribution in [3.05, 3.63) is 0 Å². The van der Waals surface area contributed by atoms with E-state index in [0.717, 1.165) is 0 Å². The largest absolute Gasteiger partial charge is 0.503 e. The van der Waals surface area contributed by atoms with Gasteiger partial charge in [-0.15, -0.1) is 0 Å². The van der Waals surface area contributed by atoms with E-state index >= 15 is 0 Å². The van der Waals surface area contributed by atoms with Gasteiger partial charge in [0.15, 0.2) is 0 Å². The summed E-state index contributed by atoms with van der Waals surface area (Å²) in [4.78, 5) is 28.7. The fourth-order valence-corrected chi connectivity index (χ4v) is 0.832. The van der Waals surface area contributed by atoms with Gasteiger partial charge >= 0.3 is 6.16 Å². The molecular formula is C11H22Cu2O7. The molecule has 130 valence electrons. The summed E-state index contributed by atoms with van der Waals surface area (Å²) in [7, 11) is 0. The van der Waals surface area contributed by atoms with Crippen molar-refractivity contribution in [2.45, 2.75) is 52.7 Å². The summed E-state index contributed by atoms with van der Waals surface area (Å²) in [6.45, 7) is 6.13. The summed E-state index contributed by atoms with van der Waals surface area (Å²) < 4.78 is 0. The molecule has 0 fully saturated rings. The quantitative estimate of drug-likeness (QED) is 0.522. The standard InChI is InChI=1S/2C5H10O2.CH2O3.2Cu/c2*1-4(6)3-5(2)7;2-1(3)4;;/h2*4,6H,3H2,1-2H3;(H2,2,3,4);;. The second kappa shape index (κ2) is 20.9. The van der Waals surface area contributed by atoms with Crippen LogP contribution in [-0.4, -0.2) is 50.4 Å². The van der Waals surface area contributed by atoms with E-state index in [4.69, 9.17) is 25.2 Å². The second-order valence-corrected chi connectivity index (χ2v) is 3.79. The first-order valence-electron chi connectivity index (χ1n) is 5.25. The van der Waals surface area contributed by atoms with Gasteiger partial charge < -0.3 is 20.4 Å². The van der Waals surface area contributed by atoms with E-state index in [1.165, 1.54) is 13.8 Å². The number of carbonyl (C=O) groups is 3. The molecule has 0 aromatic carbocycles. The van der Waals surface area contributed by atoms with Crippen LogP contribution in [0.5, 0.6) is 0 Å². The number of Topliss-reactive ketones (excluding diaryl/α,β-unsaturated/α-hetero) is 2. The van der Waals surface area contributed by atoms with Crippen LogP contribution in [0.3, 0.4) is 0 Å². The van der Waals surface area contributed by atoms with Crippen LogP contribution < -0.4 is 0 Å². The van der Waals surface area contributed by atoms with Gasteiger partial charge in [-0.25, -0.2) is 4.79 Å². The zero-order valence-corrected chi connectivity index (χ0v) is 13.6. The number of carboxylic acid groups (broad SMARTS) is 2. The van der Waals surface area contributed by atoms with E-state index in [2.05, 4.69) is 0 Å². The molecule has 0 aliphatic heterocycles. The molecule has 9 heteroatoms. The Labute approximate surface area is 139 Å². The Hall–Kier alpha value is -0.431. The van der Waals surface area contributed by atoms with Crippen LogP contribution >= 0.6 is 0 Å². The number of aliphatic hydroxyl groups is 2. The molecule has 0 saturated heterocycles. The maximum Gasteiger partial charge on any atom is 0.503 e. The minimum absolute atomic E-state index is 0. The average molecular weight is 393 g/mol. The Morgan fingerprint density at radius 2 is 0.950 bits per heavy atom. The molecule has 20 heavy (non-hydrogen) atoms. The van der Waals surface area contributed by atoms with Crippen LogP contribution in [0, 0.1) is 0 Å². The number of ketones is 2. The van der Waals surface area contributed by atoms with Crippen molar-refractivity contribution in [2.75, 3.05) is 0 Å². The summed E-state index contributed by atoms with van der Waals surface area (Å²) in [6, 6.07) is 0. The fourth-order valence-electron chi connectivity index (χ4n) is 0.832. The first kappa shape index (κ1) is 31.8. The third-order valence-corrected chi connectivity index (χ3v) is 1.17. The Balaban J connectivity index is -0.0000000555. The summed E-state index contributed by atoms with van der Waals surface area (Å²) >= 11 is 0. The molecule has 0 amide bonds. The predicted molar refractivity (Wildman–Crippen MR) is 64.6 cm³/mol. The Bertz CT molecular complexity index is 231. The van der Waals surface area contributed by atoms with Gasteiger partial charge in [0.05, 0.1) is 12.2 Å². The van der Waals surface area contributed by atoms with Crippen LogP contribution in [0.25, 0.3) is 0 Å². The van der Waals surface area contributed by atoms with Gasteiger partial charge in [-0.05, 0) is 27.7 Å². The molecule has 4 N–H and O–H groups in total. The monoisotopic (exact) mass is 392 g/mol. The molecule has 0 bridgehead atoms. The molecule has 0 saturated carbocycles. The van der Waals surface area contributed by atoms with Gasteiger partial charge in [0, 0.05) is 47.0 Å². The third kappa shape index (κ3) is 84.2. The van der Waals surface area contributed by atoms with E-state index in [-0.39, 0.29) is 58.5 Å². The summed E-state index contributed by atoms with van der Waals surface area (Å²) in [5.41, 5.74) is 0. The molecule has 0 aromatic heterocycles. The Morgan fingerprint density at radius 1 is 0.800 bits per heavy atom. The van der Waals surface area contributed by atoms with Gasteiger partial charge in [0.25, 0.3) is 0 Å². The molecule has 7 nitrogen and oxygen atoms in total. The Morgan fingerprint density at radius 3 is 0.950 bits per heavy atom. The van der Waals surface area contributed by atoms with Crippen molar-refractivity contribution in [2.24, 2.45) is 0 Å². The number of hydrogen-bond acceptors (Lipinski definition) is 5. The molecule has 2 radical (unpaired) electrons. The molecular weight excluding hydrogens is 371 g/mol. The molecule has 0 aromatic rings. The SMILES string of the molecule is CC(=O)CC(C)O.CC(=O)CC(C)O.O=C(O)O.[Cu].[Cu]. The minimum Gasteiger partial charge on any atom is -0.450 e. The van der Waals surface area contributed by atoms with Gasteiger partial charge in [-0.1, -0.05) is 0 Å². The molecule has 0 heterocycles. The zero-order chi connectivity index (χ0) is 15.3. The van der Waals surface area contributed by atoms with Gasteiger partial charge in [-0.2, -0.15) is 0 Å². The van der Waals surface area contributed by atoms with Crippen LogP contribution in [-0.2, 0) is 43.7 Å². The van der Waals surface area contributed by atoms with E-state index in [0.29, 0.717) is 0 Å². The number of aliphatic hydroxyl groups excluding tert-OH is 2. The van der Waals surface area contributed by atoms with Crippen LogP contribution in [0.4, 0.5) is 4.79 Å². The van der Waals surface area contributed by atoms with E-state index in [1.807, 2.05) is 0 Å². The average Bonchev–Trinajstić information content (AvgIpc) is 1.96. The molecule has 2 unspecified atom stereocenters. The van der Waals surface area contributed by atoms with Crippen molar-refractivity contribution < 1.29 is 68.9 Å². The number of hydrogen-bond donors (Lipinski definition) is 4. The number of rotatable bonds is 4. The maximum atomic E-state index is 10.1. The summed E-state index contributed by atoms with van der Waals surface area (Å²) in [5, 5.41) is 30.9. The maximum absolute atomic E-state index is 10.1. The molecule has 0 aliphatic carbocycles. The van der Waals surface area contributed by atoms with E-state index in [9.17, 15) is 9.59 Å². The van der Waals surface area contributed by atoms with Crippen LogP contribution in [0.1, 0.15) is 40.5 Å². The van der Waals surface area contributed by atoms with Gasteiger partial charge in [0.1, 0.15) is 11.6 Å². The molecule has 2 atom stereocenters.